The van der Waals surface area contributed by atoms with E-state index in [-0.39, 0.29) is 27.7 Å². The fraction of sp³-hybridized carbons (Fsp3) is 0.143. The second-order valence-electron chi connectivity index (χ2n) is 4.73. The molecule has 0 aliphatic rings. The van der Waals surface area contributed by atoms with E-state index in [9.17, 15) is 18.0 Å². The van der Waals surface area contributed by atoms with E-state index in [0.717, 1.165) is 12.3 Å². The van der Waals surface area contributed by atoms with Crippen LogP contribution in [0.25, 0.3) is 16.8 Å². The molecule has 0 unspecified atom stereocenters. The second kappa shape index (κ2) is 5.75. The summed E-state index contributed by atoms with van der Waals surface area (Å²) < 4.78 is 40.2. The smallest absolute Gasteiger partial charge is 0.358 e. The Labute approximate surface area is 138 Å². The van der Waals surface area contributed by atoms with Gasteiger partial charge in [-0.25, -0.2) is 4.98 Å². The zero-order valence-electron chi connectivity index (χ0n) is 12.1. The summed E-state index contributed by atoms with van der Waals surface area (Å²) in [4.78, 5) is 23.6. The van der Waals surface area contributed by atoms with Crippen LogP contribution in [0.2, 0.25) is 5.02 Å². The summed E-state index contributed by atoms with van der Waals surface area (Å²) in [5.74, 6) is 0.0603. The van der Waals surface area contributed by atoms with Gasteiger partial charge in [0.2, 0.25) is 5.95 Å². The molecule has 0 saturated carbocycles. The van der Waals surface area contributed by atoms with E-state index in [1.807, 2.05) is 0 Å². The molecule has 1 N–H and O–H groups in total. The molecule has 0 amide bonds. The summed E-state index contributed by atoms with van der Waals surface area (Å²) >= 11 is 6.03. The fourth-order valence-electron chi connectivity index (χ4n) is 2.22. The summed E-state index contributed by atoms with van der Waals surface area (Å²) in [5.41, 5.74) is -2.01. The van der Waals surface area contributed by atoms with Gasteiger partial charge >= 0.3 is 6.18 Å². The first kappa shape index (κ1) is 16.2. The van der Waals surface area contributed by atoms with Crippen molar-refractivity contribution in [1.29, 1.82) is 0 Å². The molecule has 3 aromatic heterocycles. The number of aromatic nitrogens is 4. The van der Waals surface area contributed by atoms with Crippen LogP contribution >= 0.6 is 11.6 Å². The maximum Gasteiger partial charge on any atom is 0.433 e. The van der Waals surface area contributed by atoms with Gasteiger partial charge in [-0.2, -0.15) is 18.2 Å². The van der Waals surface area contributed by atoms with Crippen molar-refractivity contribution in [3.05, 3.63) is 51.8 Å². The van der Waals surface area contributed by atoms with Crippen LogP contribution in [-0.4, -0.2) is 26.4 Å². The Hall–Kier alpha value is -2.68. The van der Waals surface area contributed by atoms with E-state index < -0.39 is 17.4 Å². The van der Waals surface area contributed by atoms with Gasteiger partial charge in [0.25, 0.3) is 5.56 Å². The Bertz CT molecular complexity index is 986. The van der Waals surface area contributed by atoms with E-state index in [1.54, 1.807) is 0 Å². The fourth-order valence-corrected chi connectivity index (χ4v) is 2.43. The number of hydrogen-bond acceptors (Lipinski definition) is 5. The van der Waals surface area contributed by atoms with Crippen LogP contribution in [0.15, 0.2) is 35.5 Å². The number of anilines is 1. The van der Waals surface area contributed by atoms with Gasteiger partial charge in [0.1, 0.15) is 5.69 Å². The van der Waals surface area contributed by atoms with E-state index in [2.05, 4.69) is 20.3 Å². The standard InChI is InChI=1S/C14H9ClF3N5O/c1-19-13-22-12(24)10(7-2-4-20-6-8(7)15)11-21-9(14(16,17)18)3-5-23(11)13/h2-6H,1H3,(H,19,22,24). The van der Waals surface area contributed by atoms with Gasteiger partial charge in [-0.05, 0) is 12.1 Å². The van der Waals surface area contributed by atoms with Crippen molar-refractivity contribution in [3.63, 3.8) is 0 Å². The van der Waals surface area contributed by atoms with Crippen LogP contribution in [0.5, 0.6) is 0 Å². The minimum absolute atomic E-state index is 0.0603. The minimum atomic E-state index is -4.65. The van der Waals surface area contributed by atoms with Gasteiger partial charge in [-0.3, -0.25) is 14.2 Å². The highest BCUT2D eigenvalue weighted by Crippen LogP contribution is 2.31. The molecule has 10 heteroatoms. The molecule has 0 aliphatic heterocycles. The third-order valence-corrected chi connectivity index (χ3v) is 3.57. The summed E-state index contributed by atoms with van der Waals surface area (Å²) in [6, 6.07) is 2.22. The van der Waals surface area contributed by atoms with Gasteiger partial charge in [0.15, 0.2) is 5.65 Å². The molecular formula is C14H9ClF3N5O. The second-order valence-corrected chi connectivity index (χ2v) is 5.13. The van der Waals surface area contributed by atoms with Gasteiger partial charge in [-0.15, -0.1) is 0 Å². The quantitative estimate of drug-likeness (QED) is 0.765. The van der Waals surface area contributed by atoms with Crippen LogP contribution in [0.3, 0.4) is 0 Å². The molecule has 3 heterocycles. The maximum atomic E-state index is 13.0. The number of nitrogens with one attached hydrogen (secondary N) is 1. The summed E-state index contributed by atoms with van der Waals surface area (Å²) in [6.07, 6.45) is -0.856. The van der Waals surface area contributed by atoms with Crippen molar-refractivity contribution in [3.8, 4) is 11.1 Å². The normalized spacial score (nSPS) is 11.7. The molecule has 0 spiro atoms. The highest BCUT2D eigenvalue weighted by molar-refractivity contribution is 6.33. The predicted molar refractivity (Wildman–Crippen MR) is 82.0 cm³/mol. The molecule has 6 nitrogen and oxygen atoms in total. The molecule has 0 bridgehead atoms. The summed E-state index contributed by atoms with van der Waals surface area (Å²) in [6.45, 7) is 0. The van der Waals surface area contributed by atoms with E-state index in [4.69, 9.17) is 11.6 Å². The van der Waals surface area contributed by atoms with E-state index in [0.29, 0.717) is 0 Å². The first-order chi connectivity index (χ1) is 11.3. The Morgan fingerprint density at radius 3 is 2.62 bits per heavy atom. The lowest BCUT2D eigenvalue weighted by Crippen LogP contribution is -2.19. The van der Waals surface area contributed by atoms with Crippen LogP contribution in [0, 0.1) is 0 Å². The largest absolute Gasteiger partial charge is 0.433 e. The van der Waals surface area contributed by atoms with Crippen molar-refractivity contribution in [1.82, 2.24) is 19.4 Å². The van der Waals surface area contributed by atoms with Crippen molar-refractivity contribution in [2.24, 2.45) is 0 Å². The molecule has 0 aromatic carbocycles. The van der Waals surface area contributed by atoms with Crippen molar-refractivity contribution < 1.29 is 13.2 Å². The van der Waals surface area contributed by atoms with E-state index >= 15 is 0 Å². The zero-order chi connectivity index (χ0) is 17.5. The van der Waals surface area contributed by atoms with Crippen LogP contribution in [0.1, 0.15) is 5.69 Å². The Morgan fingerprint density at radius 2 is 2.00 bits per heavy atom. The molecule has 0 atom stereocenters. The average molecular weight is 356 g/mol. The van der Waals surface area contributed by atoms with Gasteiger partial charge in [0, 0.05) is 31.2 Å². The number of fused-ring (bicyclic) bond motifs is 1. The molecule has 3 aromatic rings. The summed E-state index contributed by atoms with van der Waals surface area (Å²) in [7, 11) is 1.49. The van der Waals surface area contributed by atoms with Crippen molar-refractivity contribution in [2.75, 3.05) is 12.4 Å². The molecule has 0 radical (unpaired) electrons. The molecule has 3 rings (SSSR count). The van der Waals surface area contributed by atoms with Gasteiger partial charge < -0.3 is 5.32 Å². The predicted octanol–water partition coefficient (Wildman–Crippen LogP) is 2.87. The lowest BCUT2D eigenvalue weighted by atomic mass is 10.1. The molecular weight excluding hydrogens is 347 g/mol. The summed E-state index contributed by atoms with van der Waals surface area (Å²) in [5, 5.41) is 2.75. The topological polar surface area (TPSA) is 72.2 Å². The third kappa shape index (κ3) is 2.67. The minimum Gasteiger partial charge on any atom is -0.358 e. The average Bonchev–Trinajstić information content (AvgIpc) is 2.54. The number of halogens is 4. The SMILES string of the molecule is CNc1nc(=O)c(-c2ccncc2Cl)c2nc(C(F)(F)F)ccn12. The monoisotopic (exact) mass is 355 g/mol. The molecule has 0 aliphatic carbocycles. The number of alkyl halides is 3. The maximum absolute atomic E-state index is 13.0. The highest BCUT2D eigenvalue weighted by Gasteiger charge is 2.33. The molecule has 0 saturated heterocycles. The molecule has 24 heavy (non-hydrogen) atoms. The first-order valence-corrected chi connectivity index (χ1v) is 6.99. The zero-order valence-corrected chi connectivity index (χ0v) is 12.9. The van der Waals surface area contributed by atoms with Crippen molar-refractivity contribution >= 4 is 23.2 Å². The van der Waals surface area contributed by atoms with E-state index in [1.165, 1.54) is 29.9 Å². The first-order valence-electron chi connectivity index (χ1n) is 6.61. The molecule has 0 fully saturated rings. The number of hydrogen-bond donors (Lipinski definition) is 1. The lowest BCUT2D eigenvalue weighted by Gasteiger charge is -2.13. The van der Waals surface area contributed by atoms with Gasteiger partial charge in [-0.1, -0.05) is 11.6 Å². The Balaban J connectivity index is 2.46. The number of rotatable bonds is 2. The third-order valence-electron chi connectivity index (χ3n) is 3.26. The lowest BCUT2D eigenvalue weighted by molar-refractivity contribution is -0.141. The Morgan fingerprint density at radius 1 is 1.25 bits per heavy atom. The van der Waals surface area contributed by atoms with Gasteiger partial charge in [0.05, 0.1) is 10.6 Å². The number of pyridine rings is 1. The Kier molecular flexibility index (Phi) is 3.88. The van der Waals surface area contributed by atoms with Crippen molar-refractivity contribution in [2.45, 2.75) is 6.18 Å². The van der Waals surface area contributed by atoms with Crippen LogP contribution < -0.4 is 10.9 Å². The molecule has 124 valence electrons. The van der Waals surface area contributed by atoms with Crippen LogP contribution in [-0.2, 0) is 6.18 Å². The van der Waals surface area contributed by atoms with Crippen LogP contribution in [0.4, 0.5) is 19.1 Å². The highest BCUT2D eigenvalue weighted by atomic mass is 35.5. The number of nitrogens with zero attached hydrogens (tertiary/aromatic N) is 4.